The molecule has 6 nitrogen and oxygen atoms in total. The van der Waals surface area contributed by atoms with Gasteiger partial charge in [-0.3, -0.25) is 9.69 Å². The second-order valence-corrected chi connectivity index (χ2v) is 8.73. The largest absolute Gasteiger partial charge is 0.464 e. The Morgan fingerprint density at radius 1 is 1.24 bits per heavy atom. The molecule has 3 rings (SSSR count). The quantitative estimate of drug-likeness (QED) is 0.763. The van der Waals surface area contributed by atoms with Gasteiger partial charge in [0, 0.05) is 37.5 Å². The van der Waals surface area contributed by atoms with Gasteiger partial charge in [-0.25, -0.2) is 8.42 Å². The summed E-state index contributed by atoms with van der Waals surface area (Å²) in [7, 11) is -3.39. The first-order chi connectivity index (χ1) is 9.98. The molecule has 0 aliphatic carbocycles. The summed E-state index contributed by atoms with van der Waals surface area (Å²) in [6, 6.07) is 3.29. The van der Waals surface area contributed by atoms with Crippen LogP contribution in [-0.2, 0) is 19.6 Å². The number of ether oxygens (including phenoxy) is 1. The molecule has 3 heterocycles. The minimum atomic E-state index is -3.39. The zero-order chi connectivity index (χ0) is 15.0. The molecular weight excluding hydrogens is 312 g/mol. The third kappa shape index (κ3) is 2.85. The second kappa shape index (κ2) is 5.68. The van der Waals surface area contributed by atoms with Crippen LogP contribution in [-0.4, -0.2) is 62.4 Å². The number of hydrogen-bond donors (Lipinski definition) is 0. The van der Waals surface area contributed by atoms with Crippen molar-refractivity contribution in [1.82, 2.24) is 9.21 Å². The number of aryl methyl sites for hydroxylation is 1. The molecule has 0 bridgehead atoms. The fraction of sp³-hybridized carbons (Fsp3) is 0.615. The van der Waals surface area contributed by atoms with E-state index < -0.39 is 10.0 Å². The van der Waals surface area contributed by atoms with Crippen molar-refractivity contribution < 1.29 is 17.9 Å². The summed E-state index contributed by atoms with van der Waals surface area (Å²) >= 11 is 1.30. The van der Waals surface area contributed by atoms with Crippen LogP contribution in [0, 0.1) is 6.92 Å². The summed E-state index contributed by atoms with van der Waals surface area (Å²) < 4.78 is 31.9. The third-order valence-corrected chi connectivity index (χ3v) is 7.30. The van der Waals surface area contributed by atoms with Gasteiger partial charge in [-0.05, 0) is 19.1 Å². The Bertz CT molecular complexity index is 632. The first kappa shape index (κ1) is 15.0. The molecule has 0 amide bonds. The van der Waals surface area contributed by atoms with Gasteiger partial charge in [0.2, 0.25) is 0 Å². The van der Waals surface area contributed by atoms with Crippen LogP contribution in [0.25, 0.3) is 0 Å². The van der Waals surface area contributed by atoms with Gasteiger partial charge >= 0.3 is 5.97 Å². The van der Waals surface area contributed by atoms with E-state index in [2.05, 4.69) is 0 Å². The van der Waals surface area contributed by atoms with Crippen LogP contribution in [0.5, 0.6) is 0 Å². The summed E-state index contributed by atoms with van der Waals surface area (Å²) in [4.78, 5) is 14.6. The van der Waals surface area contributed by atoms with Crippen LogP contribution >= 0.6 is 11.3 Å². The average molecular weight is 330 g/mol. The van der Waals surface area contributed by atoms with E-state index in [4.69, 9.17) is 4.74 Å². The Morgan fingerprint density at radius 3 is 2.48 bits per heavy atom. The summed E-state index contributed by atoms with van der Waals surface area (Å²) in [5.74, 6) is -0.180. The van der Waals surface area contributed by atoms with Crippen molar-refractivity contribution in [3.8, 4) is 0 Å². The fourth-order valence-electron chi connectivity index (χ4n) is 2.75. The van der Waals surface area contributed by atoms with Crippen molar-refractivity contribution in [3.05, 3.63) is 17.0 Å². The predicted molar refractivity (Wildman–Crippen MR) is 78.8 cm³/mol. The molecular formula is C13H18N2O4S2. The molecule has 8 heteroatoms. The maximum Gasteiger partial charge on any atom is 0.323 e. The predicted octanol–water partition coefficient (Wildman–Crippen LogP) is 0.678. The third-order valence-electron chi connectivity index (χ3n) is 3.93. The molecule has 0 N–H and O–H groups in total. The van der Waals surface area contributed by atoms with Crippen LogP contribution < -0.4 is 0 Å². The number of thiophene rings is 1. The Balaban J connectivity index is 1.67. The topological polar surface area (TPSA) is 66.9 Å². The Labute approximate surface area is 128 Å². The monoisotopic (exact) mass is 330 g/mol. The molecule has 1 aromatic rings. The Morgan fingerprint density at radius 2 is 1.95 bits per heavy atom. The molecule has 2 saturated heterocycles. The van der Waals surface area contributed by atoms with E-state index in [0.29, 0.717) is 43.4 Å². The number of esters is 1. The molecule has 2 fully saturated rings. The highest BCUT2D eigenvalue weighted by Crippen LogP contribution is 2.26. The SMILES string of the molecule is Cc1ccc(S(=O)(=O)N2CCN([C@H]3CCOC3=O)CC2)s1. The minimum absolute atomic E-state index is 0.180. The number of piperazine rings is 1. The van der Waals surface area contributed by atoms with Gasteiger partial charge in [-0.2, -0.15) is 4.31 Å². The van der Waals surface area contributed by atoms with Crippen LogP contribution in [0.1, 0.15) is 11.3 Å². The van der Waals surface area contributed by atoms with Crippen LogP contribution in [0.15, 0.2) is 16.3 Å². The number of nitrogens with zero attached hydrogens (tertiary/aromatic N) is 2. The summed E-state index contributed by atoms with van der Waals surface area (Å²) in [5, 5.41) is 0. The molecule has 2 aliphatic rings. The molecule has 0 aromatic carbocycles. The fourth-order valence-corrected chi connectivity index (χ4v) is 5.61. The van der Waals surface area contributed by atoms with Gasteiger partial charge in [0.15, 0.2) is 0 Å². The van der Waals surface area contributed by atoms with E-state index in [0.717, 1.165) is 4.88 Å². The second-order valence-electron chi connectivity index (χ2n) is 5.28. The molecule has 0 radical (unpaired) electrons. The normalized spacial score (nSPS) is 25.2. The standard InChI is InChI=1S/C13H18N2O4S2/c1-10-2-3-12(20-10)21(17,18)15-7-5-14(6-8-15)11-4-9-19-13(11)16/h2-3,11H,4-9H2,1H3/t11-/m0/s1. The van der Waals surface area contributed by atoms with Gasteiger partial charge in [0.1, 0.15) is 10.3 Å². The van der Waals surface area contributed by atoms with E-state index in [9.17, 15) is 13.2 Å². The van der Waals surface area contributed by atoms with Crippen molar-refractivity contribution >= 4 is 27.3 Å². The summed E-state index contributed by atoms with van der Waals surface area (Å²) in [5.41, 5.74) is 0. The van der Waals surface area contributed by atoms with E-state index in [1.54, 1.807) is 6.07 Å². The molecule has 2 aliphatic heterocycles. The van der Waals surface area contributed by atoms with E-state index in [1.165, 1.54) is 15.6 Å². The number of carbonyl (C=O) groups is 1. The molecule has 0 saturated carbocycles. The number of sulfonamides is 1. The van der Waals surface area contributed by atoms with Crippen molar-refractivity contribution in [1.29, 1.82) is 0 Å². The molecule has 1 atom stereocenters. The highest BCUT2D eigenvalue weighted by atomic mass is 32.2. The molecule has 0 spiro atoms. The smallest absolute Gasteiger partial charge is 0.323 e. The Hall–Kier alpha value is -0.960. The summed E-state index contributed by atoms with van der Waals surface area (Å²) in [6.07, 6.45) is 0.704. The van der Waals surface area contributed by atoms with Gasteiger partial charge < -0.3 is 4.74 Å². The summed E-state index contributed by atoms with van der Waals surface area (Å²) in [6.45, 7) is 4.35. The number of carbonyl (C=O) groups excluding carboxylic acids is 1. The lowest BCUT2D eigenvalue weighted by Crippen LogP contribution is -2.52. The van der Waals surface area contributed by atoms with Crippen molar-refractivity contribution in [2.45, 2.75) is 23.6 Å². The number of cyclic esters (lactones) is 1. The van der Waals surface area contributed by atoms with Crippen molar-refractivity contribution in [2.75, 3.05) is 32.8 Å². The first-order valence-corrected chi connectivity index (χ1v) is 9.21. The molecule has 21 heavy (non-hydrogen) atoms. The maximum atomic E-state index is 12.5. The van der Waals surface area contributed by atoms with Crippen LogP contribution in [0.3, 0.4) is 0 Å². The average Bonchev–Trinajstić information content (AvgIpc) is 3.08. The lowest BCUT2D eigenvalue weighted by Gasteiger charge is -2.35. The molecule has 0 unspecified atom stereocenters. The van der Waals surface area contributed by atoms with Gasteiger partial charge in [0.05, 0.1) is 6.61 Å². The van der Waals surface area contributed by atoms with Crippen LogP contribution in [0.2, 0.25) is 0 Å². The lowest BCUT2D eigenvalue weighted by atomic mass is 10.2. The van der Waals surface area contributed by atoms with Gasteiger partial charge in [0.25, 0.3) is 10.0 Å². The minimum Gasteiger partial charge on any atom is -0.464 e. The zero-order valence-electron chi connectivity index (χ0n) is 11.8. The maximum absolute atomic E-state index is 12.5. The van der Waals surface area contributed by atoms with Crippen LogP contribution in [0.4, 0.5) is 0 Å². The molecule has 1 aromatic heterocycles. The van der Waals surface area contributed by atoms with Gasteiger partial charge in [-0.15, -0.1) is 11.3 Å². The Kier molecular flexibility index (Phi) is 4.04. The highest BCUT2D eigenvalue weighted by Gasteiger charge is 2.36. The number of hydrogen-bond acceptors (Lipinski definition) is 6. The van der Waals surface area contributed by atoms with E-state index >= 15 is 0 Å². The zero-order valence-corrected chi connectivity index (χ0v) is 13.5. The van der Waals surface area contributed by atoms with Gasteiger partial charge in [-0.1, -0.05) is 0 Å². The van der Waals surface area contributed by atoms with E-state index in [1.807, 2.05) is 17.9 Å². The lowest BCUT2D eigenvalue weighted by molar-refractivity contribution is -0.142. The number of rotatable bonds is 3. The van der Waals surface area contributed by atoms with Crippen molar-refractivity contribution in [2.24, 2.45) is 0 Å². The first-order valence-electron chi connectivity index (χ1n) is 6.96. The van der Waals surface area contributed by atoms with Crippen molar-refractivity contribution in [3.63, 3.8) is 0 Å². The molecule has 116 valence electrons. The van der Waals surface area contributed by atoms with E-state index in [-0.39, 0.29) is 12.0 Å². The highest BCUT2D eigenvalue weighted by molar-refractivity contribution is 7.91.